The number of rotatable bonds is 6. The van der Waals surface area contributed by atoms with Crippen molar-refractivity contribution in [3.8, 4) is 0 Å². The molecule has 0 aromatic carbocycles. The summed E-state index contributed by atoms with van der Waals surface area (Å²) < 4.78 is 0. The van der Waals surface area contributed by atoms with Crippen molar-refractivity contribution in [2.75, 3.05) is 32.7 Å². The van der Waals surface area contributed by atoms with Crippen LogP contribution in [0.4, 0.5) is 0 Å². The van der Waals surface area contributed by atoms with Gasteiger partial charge in [-0.25, -0.2) is 0 Å². The molecule has 2 fully saturated rings. The highest BCUT2D eigenvalue weighted by Gasteiger charge is 2.27. The van der Waals surface area contributed by atoms with Crippen molar-refractivity contribution < 1.29 is 9.59 Å². The Morgan fingerprint density at radius 2 is 1.90 bits per heavy atom. The first-order valence-corrected chi connectivity index (χ1v) is 7.66. The zero-order valence-corrected chi connectivity index (χ0v) is 12.3. The van der Waals surface area contributed by atoms with Crippen molar-refractivity contribution in [3.63, 3.8) is 0 Å². The second-order valence-corrected chi connectivity index (χ2v) is 5.84. The summed E-state index contributed by atoms with van der Waals surface area (Å²) in [6, 6.07) is 0.0436. The number of nitrogens with zero attached hydrogens (tertiary/aromatic N) is 2. The van der Waals surface area contributed by atoms with E-state index in [0.717, 1.165) is 38.8 Å². The summed E-state index contributed by atoms with van der Waals surface area (Å²) in [5.74, 6) is 0.156. The Kier molecular flexibility index (Phi) is 5.37. The second-order valence-electron chi connectivity index (χ2n) is 5.84. The minimum Gasteiger partial charge on any atom is -0.352 e. The fourth-order valence-electron chi connectivity index (χ4n) is 2.50. The normalized spacial score (nSPS) is 21.6. The van der Waals surface area contributed by atoms with E-state index in [0.29, 0.717) is 25.7 Å². The van der Waals surface area contributed by atoms with Crippen LogP contribution in [0.5, 0.6) is 0 Å². The third-order valence-corrected chi connectivity index (χ3v) is 3.91. The van der Waals surface area contributed by atoms with Crippen LogP contribution in [0.3, 0.4) is 0 Å². The Morgan fingerprint density at radius 3 is 2.45 bits per heavy atom. The summed E-state index contributed by atoms with van der Waals surface area (Å²) in [5, 5.41) is 2.99. The molecule has 1 aliphatic carbocycles. The zero-order valence-electron chi connectivity index (χ0n) is 12.3. The molecule has 0 aromatic heterocycles. The number of piperazine rings is 1. The van der Waals surface area contributed by atoms with Crippen molar-refractivity contribution >= 4 is 11.8 Å². The molecule has 114 valence electrons. The zero-order chi connectivity index (χ0) is 14.5. The van der Waals surface area contributed by atoms with Crippen molar-refractivity contribution in [2.24, 2.45) is 5.73 Å². The lowest BCUT2D eigenvalue weighted by Gasteiger charge is -2.35. The fourth-order valence-corrected chi connectivity index (χ4v) is 2.50. The Balaban J connectivity index is 1.68. The molecular weight excluding hydrogens is 256 g/mol. The van der Waals surface area contributed by atoms with Crippen LogP contribution in [0.15, 0.2) is 0 Å². The van der Waals surface area contributed by atoms with Gasteiger partial charge in [-0.2, -0.15) is 0 Å². The molecule has 3 N–H and O–H groups in total. The van der Waals surface area contributed by atoms with Crippen LogP contribution >= 0.6 is 0 Å². The quantitative estimate of drug-likeness (QED) is 0.691. The van der Waals surface area contributed by atoms with Crippen LogP contribution in [-0.2, 0) is 9.59 Å². The number of nitrogens with two attached hydrogens (primary N) is 1. The summed E-state index contributed by atoms with van der Waals surface area (Å²) in [6.07, 6.45) is 3.89. The van der Waals surface area contributed by atoms with Gasteiger partial charge in [0.15, 0.2) is 0 Å². The predicted molar refractivity (Wildman–Crippen MR) is 77.1 cm³/mol. The third-order valence-electron chi connectivity index (χ3n) is 3.91. The highest BCUT2D eigenvalue weighted by atomic mass is 16.2. The van der Waals surface area contributed by atoms with E-state index >= 15 is 0 Å². The molecule has 1 atom stereocenters. The first kappa shape index (κ1) is 15.3. The van der Waals surface area contributed by atoms with Gasteiger partial charge in [0, 0.05) is 32.2 Å². The van der Waals surface area contributed by atoms with Crippen LogP contribution in [0.1, 0.15) is 32.6 Å². The van der Waals surface area contributed by atoms with Gasteiger partial charge in [0.2, 0.25) is 11.8 Å². The standard InChI is InChI=1S/C14H26N4O2/c1-2-3-12(15)14(20)18-8-6-17(7-9-18)10-13(19)16-11-4-5-11/h11-12H,2-10,15H2,1H3,(H,16,19). The molecule has 6 nitrogen and oxygen atoms in total. The first-order chi connectivity index (χ1) is 9.60. The SMILES string of the molecule is CCCC(N)C(=O)N1CCN(CC(=O)NC2CC2)CC1. The second kappa shape index (κ2) is 7.04. The van der Waals surface area contributed by atoms with Crippen LogP contribution in [0, 0.1) is 0 Å². The number of amides is 2. The lowest BCUT2D eigenvalue weighted by atomic mass is 10.1. The average molecular weight is 282 g/mol. The van der Waals surface area contributed by atoms with Gasteiger partial charge in [0.1, 0.15) is 0 Å². The van der Waals surface area contributed by atoms with Crippen molar-refractivity contribution in [1.29, 1.82) is 0 Å². The number of hydrogen-bond donors (Lipinski definition) is 2. The first-order valence-electron chi connectivity index (χ1n) is 7.66. The van der Waals surface area contributed by atoms with E-state index in [1.165, 1.54) is 0 Å². The van der Waals surface area contributed by atoms with E-state index in [9.17, 15) is 9.59 Å². The van der Waals surface area contributed by atoms with Crippen LogP contribution in [-0.4, -0.2) is 66.4 Å². The molecule has 20 heavy (non-hydrogen) atoms. The molecule has 2 amide bonds. The molecule has 1 heterocycles. The molecule has 2 aliphatic rings. The van der Waals surface area contributed by atoms with Crippen molar-refractivity contribution in [1.82, 2.24) is 15.1 Å². The topological polar surface area (TPSA) is 78.7 Å². The molecule has 1 saturated heterocycles. The summed E-state index contributed by atoms with van der Waals surface area (Å²) in [4.78, 5) is 27.7. The maximum Gasteiger partial charge on any atom is 0.239 e. The number of hydrogen-bond acceptors (Lipinski definition) is 4. The third kappa shape index (κ3) is 4.45. The molecule has 1 aliphatic heterocycles. The van der Waals surface area contributed by atoms with Crippen LogP contribution in [0.25, 0.3) is 0 Å². The van der Waals surface area contributed by atoms with Crippen molar-refractivity contribution in [3.05, 3.63) is 0 Å². The average Bonchev–Trinajstić information content (AvgIpc) is 3.23. The molecule has 0 bridgehead atoms. The van der Waals surface area contributed by atoms with E-state index in [2.05, 4.69) is 10.2 Å². The number of nitrogens with one attached hydrogen (secondary N) is 1. The molecule has 2 rings (SSSR count). The van der Waals surface area contributed by atoms with Crippen LogP contribution in [0.2, 0.25) is 0 Å². The fraction of sp³-hybridized carbons (Fsp3) is 0.857. The molecule has 0 aromatic rings. The summed E-state index contributed by atoms with van der Waals surface area (Å²) in [6.45, 7) is 5.33. The van der Waals surface area contributed by atoms with E-state index in [4.69, 9.17) is 5.73 Å². The lowest BCUT2D eigenvalue weighted by Crippen LogP contribution is -2.54. The van der Waals surface area contributed by atoms with E-state index < -0.39 is 0 Å². The van der Waals surface area contributed by atoms with Gasteiger partial charge < -0.3 is 16.0 Å². The Morgan fingerprint density at radius 1 is 1.25 bits per heavy atom. The van der Waals surface area contributed by atoms with Crippen molar-refractivity contribution in [2.45, 2.75) is 44.7 Å². The highest BCUT2D eigenvalue weighted by Crippen LogP contribution is 2.18. The Hall–Kier alpha value is -1.14. The minimum atomic E-state index is -0.371. The molecule has 1 unspecified atom stereocenters. The number of carbonyl (C=O) groups is 2. The lowest BCUT2D eigenvalue weighted by molar-refractivity contribution is -0.134. The summed E-state index contributed by atoms with van der Waals surface area (Å²) >= 11 is 0. The van der Waals surface area contributed by atoms with Crippen LogP contribution < -0.4 is 11.1 Å². The van der Waals surface area contributed by atoms with Gasteiger partial charge >= 0.3 is 0 Å². The van der Waals surface area contributed by atoms with Gasteiger partial charge in [-0.05, 0) is 19.3 Å². The number of carbonyl (C=O) groups excluding carboxylic acids is 2. The van der Waals surface area contributed by atoms with E-state index in [1.807, 2.05) is 11.8 Å². The minimum absolute atomic E-state index is 0.0499. The molecule has 6 heteroatoms. The highest BCUT2D eigenvalue weighted by molar-refractivity contribution is 5.82. The Labute approximate surface area is 120 Å². The summed E-state index contributed by atoms with van der Waals surface area (Å²) in [7, 11) is 0. The summed E-state index contributed by atoms with van der Waals surface area (Å²) in [5.41, 5.74) is 5.87. The van der Waals surface area contributed by atoms with Gasteiger partial charge in [-0.15, -0.1) is 0 Å². The molecule has 0 spiro atoms. The van der Waals surface area contributed by atoms with Gasteiger partial charge in [-0.1, -0.05) is 13.3 Å². The predicted octanol–water partition coefficient (Wildman–Crippen LogP) is -0.463. The van der Waals surface area contributed by atoms with Gasteiger partial charge in [0.05, 0.1) is 12.6 Å². The Bertz CT molecular complexity index is 349. The van der Waals surface area contributed by atoms with E-state index in [-0.39, 0.29) is 17.9 Å². The largest absolute Gasteiger partial charge is 0.352 e. The molecular formula is C14H26N4O2. The molecule has 0 radical (unpaired) electrons. The smallest absolute Gasteiger partial charge is 0.239 e. The maximum atomic E-state index is 12.1. The van der Waals surface area contributed by atoms with Gasteiger partial charge in [0.25, 0.3) is 0 Å². The van der Waals surface area contributed by atoms with Gasteiger partial charge in [-0.3, -0.25) is 14.5 Å². The molecule has 1 saturated carbocycles. The van der Waals surface area contributed by atoms with E-state index in [1.54, 1.807) is 0 Å². The monoisotopic (exact) mass is 282 g/mol. The maximum absolute atomic E-state index is 12.1.